The zero-order chi connectivity index (χ0) is 28.8. The van der Waals surface area contributed by atoms with Crippen LogP contribution < -0.4 is 14.2 Å². The van der Waals surface area contributed by atoms with Gasteiger partial charge in [0.15, 0.2) is 0 Å². The molecule has 4 aromatic rings. The van der Waals surface area contributed by atoms with Crippen molar-refractivity contribution in [2.24, 2.45) is 0 Å². The zero-order valence-electron chi connectivity index (χ0n) is 23.1. The van der Waals surface area contributed by atoms with Crippen LogP contribution >= 0.6 is 0 Å². The lowest BCUT2D eigenvalue weighted by atomic mass is 9.87. The van der Waals surface area contributed by atoms with E-state index in [1.54, 1.807) is 20.3 Å². The number of carbonyl (C=O) groups is 1. The highest BCUT2D eigenvalue weighted by Gasteiger charge is 2.33. The molecule has 0 radical (unpaired) electrons. The molecule has 2 atom stereocenters. The summed E-state index contributed by atoms with van der Waals surface area (Å²) in [7, 11) is 3.27. The molecule has 1 N–H and O–H groups in total. The second kappa shape index (κ2) is 12.6. The van der Waals surface area contributed by atoms with Crippen molar-refractivity contribution in [2.45, 2.75) is 31.7 Å². The van der Waals surface area contributed by atoms with Gasteiger partial charge in [0.1, 0.15) is 23.9 Å². The van der Waals surface area contributed by atoms with Gasteiger partial charge >= 0.3 is 6.09 Å². The van der Waals surface area contributed by atoms with Crippen molar-refractivity contribution in [2.75, 3.05) is 27.3 Å². The van der Waals surface area contributed by atoms with E-state index in [0.717, 1.165) is 33.2 Å². The number of likely N-dealkylation sites (tertiary alicyclic amines) is 1. The van der Waals surface area contributed by atoms with Gasteiger partial charge in [0.25, 0.3) is 0 Å². The molecular formula is C33H32N2O6. The van der Waals surface area contributed by atoms with Crippen molar-refractivity contribution in [1.82, 2.24) is 4.90 Å². The minimum atomic E-state index is -0.953. The summed E-state index contributed by atoms with van der Waals surface area (Å²) in [6.07, 6.45) is -0.676. The third-order valence-corrected chi connectivity index (χ3v) is 7.51. The molecule has 1 saturated heterocycles. The first-order valence-electron chi connectivity index (χ1n) is 13.4. The second-order valence-corrected chi connectivity index (χ2v) is 9.96. The van der Waals surface area contributed by atoms with Crippen LogP contribution in [-0.4, -0.2) is 49.5 Å². The molecule has 0 saturated carbocycles. The Morgan fingerprint density at radius 1 is 0.976 bits per heavy atom. The second-order valence-electron chi connectivity index (χ2n) is 9.96. The topological polar surface area (TPSA) is 101 Å². The fraction of sp³-hybridized carbons (Fsp3) is 0.273. The summed E-state index contributed by atoms with van der Waals surface area (Å²) in [5.41, 5.74) is 3.41. The van der Waals surface area contributed by atoms with E-state index in [4.69, 9.17) is 24.2 Å². The third-order valence-electron chi connectivity index (χ3n) is 7.51. The Morgan fingerprint density at radius 2 is 1.76 bits per heavy atom. The predicted octanol–water partition coefficient (Wildman–Crippen LogP) is 6.36. The fourth-order valence-electron chi connectivity index (χ4n) is 5.43. The van der Waals surface area contributed by atoms with Gasteiger partial charge in [-0.05, 0) is 47.9 Å². The van der Waals surface area contributed by atoms with E-state index in [0.29, 0.717) is 36.6 Å². The van der Waals surface area contributed by atoms with Crippen LogP contribution in [0.25, 0.3) is 10.8 Å². The van der Waals surface area contributed by atoms with Crippen molar-refractivity contribution >= 4 is 16.9 Å². The molecule has 8 heteroatoms. The Morgan fingerprint density at radius 3 is 2.46 bits per heavy atom. The summed E-state index contributed by atoms with van der Waals surface area (Å²) in [5.74, 6) is 2.15. The maximum Gasteiger partial charge on any atom is 0.407 e. The summed E-state index contributed by atoms with van der Waals surface area (Å²) in [6.45, 7) is 1.29. The molecule has 4 aromatic carbocycles. The van der Waals surface area contributed by atoms with Crippen LogP contribution in [0.15, 0.2) is 78.9 Å². The monoisotopic (exact) mass is 552 g/mol. The van der Waals surface area contributed by atoms with Gasteiger partial charge in [-0.1, -0.05) is 48.5 Å². The third kappa shape index (κ3) is 6.21. The van der Waals surface area contributed by atoms with Gasteiger partial charge in [-0.3, -0.25) is 0 Å². The van der Waals surface area contributed by atoms with Crippen LogP contribution in [0.5, 0.6) is 17.2 Å². The summed E-state index contributed by atoms with van der Waals surface area (Å²) in [4.78, 5) is 13.2. The molecule has 0 aliphatic carbocycles. The number of piperidine rings is 1. The highest BCUT2D eigenvalue weighted by Crippen LogP contribution is 2.38. The molecule has 0 spiro atoms. The molecule has 41 heavy (non-hydrogen) atoms. The number of carboxylic acid groups (broad SMARTS) is 1. The number of hydrogen-bond acceptors (Lipinski definition) is 6. The van der Waals surface area contributed by atoms with Gasteiger partial charge in [-0.2, -0.15) is 5.26 Å². The normalized spacial score (nSPS) is 16.7. The summed E-state index contributed by atoms with van der Waals surface area (Å²) in [6, 6.07) is 27.1. The van der Waals surface area contributed by atoms with E-state index in [1.165, 1.54) is 4.90 Å². The van der Waals surface area contributed by atoms with E-state index in [-0.39, 0.29) is 25.2 Å². The molecule has 8 nitrogen and oxygen atoms in total. The summed E-state index contributed by atoms with van der Waals surface area (Å²) >= 11 is 0. The number of ether oxygens (including phenoxy) is 4. The van der Waals surface area contributed by atoms with E-state index in [9.17, 15) is 9.90 Å². The molecule has 0 bridgehead atoms. The first-order valence-corrected chi connectivity index (χ1v) is 13.4. The molecule has 5 rings (SSSR count). The minimum Gasteiger partial charge on any atom is -0.496 e. The van der Waals surface area contributed by atoms with Crippen molar-refractivity contribution in [1.29, 1.82) is 5.26 Å². The Kier molecular flexibility index (Phi) is 8.56. The Labute approximate surface area is 239 Å². The van der Waals surface area contributed by atoms with Crippen LogP contribution in [0, 0.1) is 11.3 Å². The number of fused-ring (bicyclic) bond motifs is 1. The molecule has 1 aliphatic heterocycles. The van der Waals surface area contributed by atoms with Crippen LogP contribution in [0.4, 0.5) is 4.79 Å². The highest BCUT2D eigenvalue weighted by molar-refractivity contribution is 5.94. The molecule has 1 heterocycles. The first-order chi connectivity index (χ1) is 20.0. The Hall–Kier alpha value is -4.74. The number of methoxy groups -OCH3 is 2. The number of nitrogens with zero attached hydrogens (tertiary/aromatic N) is 2. The average molecular weight is 553 g/mol. The van der Waals surface area contributed by atoms with E-state index < -0.39 is 6.09 Å². The van der Waals surface area contributed by atoms with Crippen LogP contribution in [0.3, 0.4) is 0 Å². The molecule has 1 aliphatic rings. The standard InChI is InChI=1S/C33H32N2O6/c1-38-30-17-25(32(39-2)29-9-4-3-8-28(29)30)21-41-31-19-35(33(36)37)15-14-27(31)24-10-12-26(13-11-24)40-20-23-7-5-6-22(16-23)18-34/h3-13,16-17,27,31H,14-15,19-21H2,1-2H3,(H,36,37). The highest BCUT2D eigenvalue weighted by atomic mass is 16.5. The van der Waals surface area contributed by atoms with E-state index in [1.807, 2.05) is 72.8 Å². The molecule has 1 amide bonds. The van der Waals surface area contributed by atoms with Crippen LogP contribution in [0.1, 0.15) is 34.6 Å². The first kappa shape index (κ1) is 27.8. The quantitative estimate of drug-likeness (QED) is 0.258. The minimum absolute atomic E-state index is 0.000284. The number of nitriles is 1. The lowest BCUT2D eigenvalue weighted by Gasteiger charge is -2.37. The number of amides is 1. The van der Waals surface area contributed by atoms with Crippen molar-refractivity contribution in [3.05, 3.63) is 101 Å². The molecule has 0 aromatic heterocycles. The van der Waals surface area contributed by atoms with Gasteiger partial charge in [-0.15, -0.1) is 0 Å². The number of rotatable bonds is 9. The fourth-order valence-corrected chi connectivity index (χ4v) is 5.43. The zero-order valence-corrected chi connectivity index (χ0v) is 23.1. The van der Waals surface area contributed by atoms with E-state index in [2.05, 4.69) is 6.07 Å². The predicted molar refractivity (Wildman–Crippen MR) is 155 cm³/mol. The number of hydrogen-bond donors (Lipinski definition) is 1. The van der Waals surface area contributed by atoms with Gasteiger partial charge in [0.2, 0.25) is 0 Å². The smallest absolute Gasteiger partial charge is 0.407 e. The Balaban J connectivity index is 1.34. The maximum absolute atomic E-state index is 11.8. The largest absolute Gasteiger partial charge is 0.496 e. The van der Waals surface area contributed by atoms with Crippen molar-refractivity contribution in [3.63, 3.8) is 0 Å². The maximum atomic E-state index is 11.8. The lowest BCUT2D eigenvalue weighted by molar-refractivity contribution is -0.0204. The van der Waals surface area contributed by atoms with Gasteiger partial charge in [0, 0.05) is 28.8 Å². The van der Waals surface area contributed by atoms with Crippen molar-refractivity contribution < 1.29 is 28.8 Å². The molecule has 1 fully saturated rings. The number of benzene rings is 4. The van der Waals surface area contributed by atoms with Crippen LogP contribution in [-0.2, 0) is 18.0 Å². The van der Waals surface area contributed by atoms with E-state index >= 15 is 0 Å². The summed E-state index contributed by atoms with van der Waals surface area (Å²) in [5, 5.41) is 20.7. The SMILES string of the molecule is COc1cc(COC2CN(C(=O)O)CCC2c2ccc(OCc3cccc(C#N)c3)cc2)c(OC)c2ccccc12. The molecule has 210 valence electrons. The molecular weight excluding hydrogens is 520 g/mol. The van der Waals surface area contributed by atoms with Gasteiger partial charge < -0.3 is 29.0 Å². The van der Waals surface area contributed by atoms with Gasteiger partial charge in [-0.25, -0.2) is 4.79 Å². The molecule has 2 unspecified atom stereocenters. The summed E-state index contributed by atoms with van der Waals surface area (Å²) < 4.78 is 23.8. The van der Waals surface area contributed by atoms with Gasteiger partial charge in [0.05, 0.1) is 45.1 Å². The average Bonchev–Trinajstić information content (AvgIpc) is 3.02. The van der Waals surface area contributed by atoms with Crippen molar-refractivity contribution in [3.8, 4) is 23.3 Å². The lowest BCUT2D eigenvalue weighted by Crippen LogP contribution is -2.46. The van der Waals surface area contributed by atoms with Crippen LogP contribution in [0.2, 0.25) is 0 Å². The Bertz CT molecular complexity index is 1560.